The van der Waals surface area contributed by atoms with Crippen LogP contribution in [0, 0.1) is 0 Å². The standard InChI is InChI=1S/C22H44N6O5.C19H38N6O5.C17H36N6O3/c1-22(2,3)33-21(32)27-15-10-20(31)28(16-18(29)25-13-8-4-6-11-23)17-19(30)26-14-9-5-7-12-24;1-30-19(29)24-13-8-18(28)25(14-16(26)22-11-6-2-4-9-20)15-17(27)23-12-7-3-5-10-21;18-8-3-1-5-11-21-15(24)13-23(17(26)7-10-20)14-16(25)22-12-6-2-4-9-19/h4-17,23-24H2,1-3H3,(H,25,29)(H,26,30)(H,27,32);2-15,20-21H2,1H3,(H,22,26)(H,23,27)(H,24,29);1-14,18-20H2,(H,21,24)(H,22,25). The van der Waals surface area contributed by atoms with Crippen molar-refractivity contribution in [2.45, 2.75) is 161 Å². The molecular weight excluding hydrogens is 1160 g/mol. The van der Waals surface area contributed by atoms with Gasteiger partial charge in [-0.15, -0.1) is 0 Å². The number of nitrogens with two attached hydrogens (primary N) is 7. The number of hydrogen-bond acceptors (Lipinski definition) is 20. The lowest BCUT2D eigenvalue weighted by Gasteiger charge is -2.23. The van der Waals surface area contributed by atoms with Gasteiger partial charge >= 0.3 is 12.2 Å². The molecule has 89 heavy (non-hydrogen) atoms. The summed E-state index contributed by atoms with van der Waals surface area (Å²) in [6.45, 7) is 11.0. The van der Waals surface area contributed by atoms with Crippen LogP contribution in [-0.4, -0.2) is 230 Å². The second-order valence-electron chi connectivity index (χ2n) is 21.8. The minimum atomic E-state index is -0.653. The Labute approximate surface area is 529 Å². The van der Waals surface area contributed by atoms with Gasteiger partial charge in [-0.2, -0.15) is 0 Å². The number of unbranched alkanes of at least 4 members (excludes halogenated alkanes) is 12. The molecule has 0 fully saturated rings. The van der Waals surface area contributed by atoms with E-state index in [-0.39, 0.29) is 120 Å². The zero-order valence-corrected chi connectivity index (χ0v) is 54.4. The van der Waals surface area contributed by atoms with Gasteiger partial charge in [0.2, 0.25) is 53.2 Å². The van der Waals surface area contributed by atoms with Gasteiger partial charge in [-0.3, -0.25) is 43.2 Å². The first-order chi connectivity index (χ1) is 42.6. The molecule has 31 nitrogen and oxygen atoms in total. The van der Waals surface area contributed by atoms with Crippen LogP contribution >= 0.6 is 0 Å². The van der Waals surface area contributed by atoms with Gasteiger partial charge in [0.1, 0.15) is 44.9 Å². The molecule has 0 rings (SSSR count). The van der Waals surface area contributed by atoms with Crippen LogP contribution in [0.15, 0.2) is 0 Å². The predicted molar refractivity (Wildman–Crippen MR) is 343 cm³/mol. The quantitative estimate of drug-likeness (QED) is 0.0291. The Balaban J connectivity index is -0.00000126. The van der Waals surface area contributed by atoms with E-state index < -0.39 is 29.6 Å². The van der Waals surface area contributed by atoms with E-state index in [1.54, 1.807) is 20.8 Å². The van der Waals surface area contributed by atoms with Crippen molar-refractivity contribution in [3.63, 3.8) is 0 Å². The van der Waals surface area contributed by atoms with E-state index in [4.69, 9.17) is 44.9 Å². The average molecular weight is 1280 g/mol. The molecule has 0 bridgehead atoms. The first kappa shape index (κ1) is 86.7. The van der Waals surface area contributed by atoms with Gasteiger partial charge in [0.25, 0.3) is 0 Å². The lowest BCUT2D eigenvalue weighted by molar-refractivity contribution is -0.139. The van der Waals surface area contributed by atoms with Crippen LogP contribution in [0.3, 0.4) is 0 Å². The largest absolute Gasteiger partial charge is 0.453 e. The summed E-state index contributed by atoms with van der Waals surface area (Å²) in [7, 11) is 1.22. The third-order valence-electron chi connectivity index (χ3n) is 12.4. The summed E-state index contributed by atoms with van der Waals surface area (Å²) >= 11 is 0. The van der Waals surface area contributed by atoms with Crippen LogP contribution in [0.2, 0.25) is 0 Å². The lowest BCUT2D eigenvalue weighted by Crippen LogP contribution is -2.46. The van der Waals surface area contributed by atoms with E-state index in [2.05, 4.69) is 47.3 Å². The van der Waals surface area contributed by atoms with Crippen LogP contribution in [0.1, 0.15) is 156 Å². The molecule has 0 aliphatic rings. The molecule has 0 aromatic carbocycles. The summed E-state index contributed by atoms with van der Waals surface area (Å²) in [5.74, 6) is -3.05. The molecule has 0 spiro atoms. The molecule has 0 heterocycles. The highest BCUT2D eigenvalue weighted by Gasteiger charge is 2.24. The van der Waals surface area contributed by atoms with E-state index >= 15 is 0 Å². The van der Waals surface area contributed by atoms with Crippen molar-refractivity contribution in [2.24, 2.45) is 40.1 Å². The third kappa shape index (κ3) is 58.9. The highest BCUT2D eigenvalue weighted by Crippen LogP contribution is 2.07. The van der Waals surface area contributed by atoms with Crippen molar-refractivity contribution in [1.82, 2.24) is 57.2 Å². The smallest absolute Gasteiger partial charge is 0.407 e. The van der Waals surface area contributed by atoms with Crippen LogP contribution < -0.4 is 82.7 Å². The Morgan fingerprint density at radius 1 is 0.292 bits per heavy atom. The number of rotatable bonds is 50. The van der Waals surface area contributed by atoms with Gasteiger partial charge in [-0.1, -0.05) is 38.5 Å². The van der Waals surface area contributed by atoms with Gasteiger partial charge in [0, 0.05) is 78.2 Å². The Kier molecular flexibility index (Phi) is 58.8. The number of carbonyl (C=O) groups excluding carboxylic acids is 11. The van der Waals surface area contributed by atoms with Crippen LogP contribution in [0.5, 0.6) is 0 Å². The summed E-state index contributed by atoms with van der Waals surface area (Å²) in [5.41, 5.74) is 37.4. The molecule has 11 amide bonds. The Hall–Kier alpha value is -6.51. The molecule has 0 aliphatic carbocycles. The molecule has 0 atom stereocenters. The molecule has 0 aromatic heterocycles. The molecule has 22 N–H and O–H groups in total. The number of amides is 11. The highest BCUT2D eigenvalue weighted by molar-refractivity contribution is 5.91. The van der Waals surface area contributed by atoms with Gasteiger partial charge in [0.05, 0.1) is 7.11 Å². The van der Waals surface area contributed by atoms with Crippen molar-refractivity contribution in [3.8, 4) is 0 Å². The van der Waals surface area contributed by atoms with Gasteiger partial charge in [-0.25, -0.2) is 9.59 Å². The Bertz CT molecular complexity index is 1850. The first-order valence-corrected chi connectivity index (χ1v) is 31.7. The maximum Gasteiger partial charge on any atom is 0.407 e. The number of hydrogen-bond donors (Lipinski definition) is 15. The topological polar surface area (TPSA) is 494 Å². The van der Waals surface area contributed by atoms with E-state index in [9.17, 15) is 52.7 Å². The molecule has 0 radical (unpaired) electrons. The number of alkyl carbamates (subject to hydrolysis) is 2. The number of methoxy groups -OCH3 is 1. The van der Waals surface area contributed by atoms with E-state index in [1.165, 1.54) is 21.8 Å². The Morgan fingerprint density at radius 3 is 0.719 bits per heavy atom. The molecule has 0 aromatic rings. The average Bonchev–Trinajstić information content (AvgIpc) is 3.61. The van der Waals surface area contributed by atoms with Gasteiger partial charge < -0.3 is 107 Å². The van der Waals surface area contributed by atoms with Crippen LogP contribution in [0.25, 0.3) is 0 Å². The fourth-order valence-electron chi connectivity index (χ4n) is 7.64. The number of ether oxygens (including phenoxy) is 2. The summed E-state index contributed by atoms with van der Waals surface area (Å²) < 4.78 is 9.58. The number of nitrogens with zero attached hydrogens (tertiary/aromatic N) is 3. The molecule has 0 unspecified atom stereocenters. The van der Waals surface area contributed by atoms with E-state index in [0.29, 0.717) is 78.5 Å². The van der Waals surface area contributed by atoms with Crippen LogP contribution in [-0.2, 0) is 52.6 Å². The summed E-state index contributed by atoms with van der Waals surface area (Å²) in [6, 6.07) is 0. The van der Waals surface area contributed by atoms with Gasteiger partial charge in [-0.05, 0) is 137 Å². The number of carbonyl (C=O) groups is 11. The summed E-state index contributed by atoms with van der Waals surface area (Å²) in [4.78, 5) is 137. The van der Waals surface area contributed by atoms with Crippen molar-refractivity contribution in [2.75, 3.05) is 145 Å². The van der Waals surface area contributed by atoms with Gasteiger partial charge in [0.15, 0.2) is 0 Å². The molecule has 31 heteroatoms. The second-order valence-corrected chi connectivity index (χ2v) is 21.8. The first-order valence-electron chi connectivity index (χ1n) is 31.7. The Morgan fingerprint density at radius 2 is 0.517 bits per heavy atom. The molecule has 0 saturated carbocycles. The molecule has 518 valence electrons. The molecule has 0 aliphatic heterocycles. The highest BCUT2D eigenvalue weighted by atomic mass is 16.6. The van der Waals surface area contributed by atoms with E-state index in [0.717, 1.165) is 116 Å². The zero-order valence-electron chi connectivity index (χ0n) is 54.4. The third-order valence-corrected chi connectivity index (χ3v) is 12.4. The maximum absolute atomic E-state index is 12.7. The van der Waals surface area contributed by atoms with Crippen molar-refractivity contribution >= 4 is 65.4 Å². The zero-order chi connectivity index (χ0) is 67.4. The second kappa shape index (κ2) is 60.4. The minimum absolute atomic E-state index is 0.0334. The monoisotopic (exact) mass is 1270 g/mol. The minimum Gasteiger partial charge on any atom is -0.453 e. The summed E-state index contributed by atoms with van der Waals surface area (Å²) in [5, 5.41) is 21.4. The maximum atomic E-state index is 12.7. The van der Waals surface area contributed by atoms with Crippen molar-refractivity contribution in [1.29, 1.82) is 0 Å². The molecular formula is C58H118N18O13. The van der Waals surface area contributed by atoms with E-state index in [1.807, 2.05) is 0 Å². The summed E-state index contributed by atoms with van der Waals surface area (Å²) in [6.07, 6.45) is 14.4. The van der Waals surface area contributed by atoms with Crippen molar-refractivity contribution in [3.05, 3.63) is 0 Å². The molecule has 0 saturated heterocycles. The number of nitrogens with one attached hydrogen (secondary N) is 8. The fraction of sp³-hybridized carbons (Fsp3) is 0.810. The normalized spacial score (nSPS) is 10.6. The van der Waals surface area contributed by atoms with Crippen LogP contribution in [0.4, 0.5) is 9.59 Å². The lowest BCUT2D eigenvalue weighted by atomic mass is 10.2. The fourth-order valence-corrected chi connectivity index (χ4v) is 7.64. The SMILES string of the molecule is CC(C)(C)OC(=O)NCCC(=O)N(CC(=O)NCCCCCN)CC(=O)NCCCCCN.COC(=O)NCCC(=O)N(CC(=O)NCCCCCN)CC(=O)NCCCCCN.NCCCCCNC(=O)CN(CC(=O)NCCCCCN)C(=O)CCN. The predicted octanol–water partition coefficient (Wildman–Crippen LogP) is -2.07. The van der Waals surface area contributed by atoms with Crippen molar-refractivity contribution < 1.29 is 62.2 Å².